The van der Waals surface area contributed by atoms with Crippen molar-refractivity contribution in [2.45, 2.75) is 19.6 Å². The maximum atomic E-state index is 13.2. The van der Waals surface area contributed by atoms with Crippen molar-refractivity contribution in [3.8, 4) is 5.75 Å². The Kier molecular flexibility index (Phi) is 6.91. The Morgan fingerprint density at radius 3 is 2.19 bits per heavy atom. The average molecular weight is 443 g/mol. The fraction of sp³-hybridized carbons (Fsp3) is 0.174. The first-order chi connectivity index (χ1) is 14.7. The Balaban J connectivity index is 1.67. The molecular formula is C23H23FN2O4S. The van der Waals surface area contributed by atoms with Gasteiger partial charge in [-0.05, 0) is 61.0 Å². The number of nitrogens with one attached hydrogen (secondary N) is 1. The van der Waals surface area contributed by atoms with Crippen molar-refractivity contribution in [3.05, 3.63) is 90.2 Å². The van der Waals surface area contributed by atoms with E-state index in [-0.39, 0.29) is 5.69 Å². The van der Waals surface area contributed by atoms with E-state index in [0.29, 0.717) is 18.0 Å². The number of hydrogen-bond donors (Lipinski definition) is 1. The maximum Gasteiger partial charge on any atom is 0.247 e. The number of sulfonamides is 1. The Morgan fingerprint density at radius 2 is 1.61 bits per heavy atom. The molecule has 1 atom stereocenters. The lowest BCUT2D eigenvalue weighted by Gasteiger charge is -2.28. The normalized spacial score (nSPS) is 12.1. The number of benzene rings is 3. The van der Waals surface area contributed by atoms with Gasteiger partial charge in [0.25, 0.3) is 0 Å². The first kappa shape index (κ1) is 22.3. The summed E-state index contributed by atoms with van der Waals surface area (Å²) in [7, 11) is -3.78. The van der Waals surface area contributed by atoms with E-state index in [1.807, 2.05) is 30.3 Å². The number of hydrogen-bond acceptors (Lipinski definition) is 4. The van der Waals surface area contributed by atoms with E-state index in [4.69, 9.17) is 4.74 Å². The number of nitrogens with zero attached hydrogens (tertiary/aromatic N) is 1. The second-order valence-electron chi connectivity index (χ2n) is 7.00. The smallest absolute Gasteiger partial charge is 0.247 e. The minimum Gasteiger partial charge on any atom is -0.489 e. The lowest BCUT2D eigenvalue weighted by molar-refractivity contribution is -0.116. The zero-order chi connectivity index (χ0) is 22.4. The average Bonchev–Trinajstić information content (AvgIpc) is 2.74. The van der Waals surface area contributed by atoms with Crippen LogP contribution in [0.2, 0.25) is 0 Å². The molecule has 0 heterocycles. The topological polar surface area (TPSA) is 75.7 Å². The number of halogens is 1. The summed E-state index contributed by atoms with van der Waals surface area (Å²) < 4.78 is 44.5. The highest BCUT2D eigenvalue weighted by Gasteiger charge is 2.29. The molecule has 0 saturated heterocycles. The van der Waals surface area contributed by atoms with Crippen molar-refractivity contribution in [2.75, 3.05) is 15.9 Å². The van der Waals surface area contributed by atoms with Crippen LogP contribution in [-0.2, 0) is 21.4 Å². The number of amides is 1. The van der Waals surface area contributed by atoms with Crippen molar-refractivity contribution >= 4 is 27.3 Å². The summed E-state index contributed by atoms with van der Waals surface area (Å²) in [4.78, 5) is 12.7. The van der Waals surface area contributed by atoms with E-state index in [1.165, 1.54) is 19.1 Å². The molecule has 3 rings (SSSR count). The quantitative estimate of drug-likeness (QED) is 0.567. The van der Waals surface area contributed by atoms with Gasteiger partial charge in [-0.3, -0.25) is 9.10 Å². The predicted octanol–water partition coefficient (Wildman–Crippen LogP) is 4.20. The van der Waals surface area contributed by atoms with Gasteiger partial charge in [0, 0.05) is 5.69 Å². The van der Waals surface area contributed by atoms with Gasteiger partial charge in [0.05, 0.1) is 11.9 Å². The van der Waals surface area contributed by atoms with E-state index in [9.17, 15) is 17.6 Å². The fourth-order valence-corrected chi connectivity index (χ4v) is 4.19. The van der Waals surface area contributed by atoms with Gasteiger partial charge in [0.1, 0.15) is 24.2 Å². The number of carbonyl (C=O) groups excluding carboxylic acids is 1. The van der Waals surface area contributed by atoms with Gasteiger partial charge >= 0.3 is 0 Å². The van der Waals surface area contributed by atoms with Gasteiger partial charge in [-0.1, -0.05) is 30.3 Å². The summed E-state index contributed by atoms with van der Waals surface area (Å²) in [6, 6.07) is 20.4. The lowest BCUT2D eigenvalue weighted by atomic mass is 10.2. The molecule has 31 heavy (non-hydrogen) atoms. The molecule has 0 fully saturated rings. The molecule has 0 aliphatic heterocycles. The molecule has 0 unspecified atom stereocenters. The molecule has 6 nitrogen and oxygen atoms in total. The molecule has 162 valence electrons. The summed E-state index contributed by atoms with van der Waals surface area (Å²) in [5.74, 6) is -0.379. The standard InChI is InChI=1S/C23H23FN2O4S/c1-17(26(31(2,28)29)21-12-8-19(24)9-13-21)23(27)25-20-10-14-22(15-11-20)30-16-18-6-4-3-5-7-18/h3-15,17H,16H2,1-2H3,(H,25,27)/t17-/m0/s1. The van der Waals surface area contributed by atoms with E-state index >= 15 is 0 Å². The molecule has 0 aliphatic rings. The van der Waals surface area contributed by atoms with Crippen LogP contribution < -0.4 is 14.4 Å². The van der Waals surface area contributed by atoms with Gasteiger partial charge in [0.15, 0.2) is 0 Å². The monoisotopic (exact) mass is 442 g/mol. The van der Waals surface area contributed by atoms with Crippen LogP contribution >= 0.6 is 0 Å². The van der Waals surface area contributed by atoms with E-state index in [2.05, 4.69) is 5.32 Å². The van der Waals surface area contributed by atoms with Gasteiger partial charge in [0.2, 0.25) is 15.9 Å². The number of rotatable bonds is 8. The highest BCUT2D eigenvalue weighted by Crippen LogP contribution is 2.23. The Morgan fingerprint density at radius 1 is 1.00 bits per heavy atom. The van der Waals surface area contributed by atoms with Gasteiger partial charge in [-0.25, -0.2) is 12.8 Å². The summed E-state index contributed by atoms with van der Waals surface area (Å²) in [5.41, 5.74) is 1.74. The van der Waals surface area contributed by atoms with Crippen LogP contribution in [0.15, 0.2) is 78.9 Å². The second kappa shape index (κ2) is 9.61. The molecule has 0 aromatic heterocycles. The molecule has 0 bridgehead atoms. The number of carbonyl (C=O) groups is 1. The van der Waals surface area contributed by atoms with Crippen molar-refractivity contribution in [2.24, 2.45) is 0 Å². The molecule has 0 radical (unpaired) electrons. The Labute approximate surface area is 181 Å². The van der Waals surface area contributed by atoms with Crippen LogP contribution in [0.1, 0.15) is 12.5 Å². The van der Waals surface area contributed by atoms with Gasteiger partial charge in [-0.2, -0.15) is 0 Å². The Bertz CT molecular complexity index is 1120. The van der Waals surface area contributed by atoms with Crippen LogP contribution in [0.4, 0.5) is 15.8 Å². The second-order valence-corrected chi connectivity index (χ2v) is 8.86. The van der Waals surface area contributed by atoms with Crippen LogP contribution in [0.25, 0.3) is 0 Å². The van der Waals surface area contributed by atoms with Crippen molar-refractivity contribution in [1.82, 2.24) is 0 Å². The molecule has 0 spiro atoms. The van der Waals surface area contributed by atoms with Crippen LogP contribution in [0, 0.1) is 5.82 Å². The summed E-state index contributed by atoms with van der Waals surface area (Å²) in [5, 5.41) is 2.70. The third-order valence-corrected chi connectivity index (χ3v) is 5.78. The van der Waals surface area contributed by atoms with Crippen LogP contribution in [0.3, 0.4) is 0 Å². The maximum absolute atomic E-state index is 13.2. The molecule has 1 amide bonds. The first-order valence-corrected chi connectivity index (χ1v) is 11.4. The van der Waals surface area contributed by atoms with E-state index in [1.54, 1.807) is 24.3 Å². The third kappa shape index (κ3) is 6.05. The van der Waals surface area contributed by atoms with Crippen molar-refractivity contribution in [1.29, 1.82) is 0 Å². The minimum absolute atomic E-state index is 0.205. The van der Waals surface area contributed by atoms with Crippen LogP contribution in [0.5, 0.6) is 5.75 Å². The molecule has 0 saturated carbocycles. The summed E-state index contributed by atoms with van der Waals surface area (Å²) in [6.45, 7) is 1.89. The van der Waals surface area contributed by atoms with Crippen LogP contribution in [-0.4, -0.2) is 26.6 Å². The SMILES string of the molecule is C[C@@H](C(=O)Nc1ccc(OCc2ccccc2)cc1)N(c1ccc(F)cc1)S(C)(=O)=O. The highest BCUT2D eigenvalue weighted by molar-refractivity contribution is 7.92. The van der Waals surface area contributed by atoms with Gasteiger partial charge < -0.3 is 10.1 Å². The minimum atomic E-state index is -3.78. The Hall–Kier alpha value is -3.39. The highest BCUT2D eigenvalue weighted by atomic mass is 32.2. The number of ether oxygens (including phenoxy) is 1. The summed E-state index contributed by atoms with van der Waals surface area (Å²) in [6.07, 6.45) is 0.999. The molecule has 3 aromatic carbocycles. The van der Waals surface area contributed by atoms with E-state index in [0.717, 1.165) is 28.3 Å². The predicted molar refractivity (Wildman–Crippen MR) is 119 cm³/mol. The van der Waals surface area contributed by atoms with E-state index < -0.39 is 27.8 Å². The van der Waals surface area contributed by atoms with Crippen molar-refractivity contribution < 1.29 is 22.3 Å². The first-order valence-electron chi connectivity index (χ1n) is 9.56. The lowest BCUT2D eigenvalue weighted by Crippen LogP contribution is -2.45. The summed E-state index contributed by atoms with van der Waals surface area (Å²) >= 11 is 0. The van der Waals surface area contributed by atoms with Crippen molar-refractivity contribution in [3.63, 3.8) is 0 Å². The zero-order valence-electron chi connectivity index (χ0n) is 17.2. The number of anilines is 2. The third-order valence-electron chi connectivity index (χ3n) is 4.54. The zero-order valence-corrected chi connectivity index (χ0v) is 18.0. The molecule has 0 aliphatic carbocycles. The largest absolute Gasteiger partial charge is 0.489 e. The molecule has 3 aromatic rings. The fourth-order valence-electron chi connectivity index (χ4n) is 3.02. The van der Waals surface area contributed by atoms with Gasteiger partial charge in [-0.15, -0.1) is 0 Å². The molecule has 8 heteroatoms. The molecule has 1 N–H and O–H groups in total. The molecular weight excluding hydrogens is 419 g/mol.